The van der Waals surface area contributed by atoms with Gasteiger partial charge in [0.25, 0.3) is 5.91 Å². The molecule has 1 amide bonds. The molecule has 1 aromatic heterocycles. The molecule has 1 aliphatic heterocycles. The Morgan fingerprint density at radius 3 is 2.00 bits per heavy atom. The van der Waals surface area contributed by atoms with Crippen LogP contribution >= 0.6 is 0 Å². The molecule has 3 aromatic rings. The molecule has 1 saturated heterocycles. The summed E-state index contributed by atoms with van der Waals surface area (Å²) in [6.45, 7) is 2.53. The minimum atomic E-state index is -4.39. The first-order valence-electron chi connectivity index (χ1n) is 10.0. The standard InChI is InChI=1S/C23H21F3N4O2/c24-23(25,26)17-3-8-20(9-4-17)32-19-6-1-16(2-7-19)22(31)30-13-11-29(12-14-30)18-5-10-21(27)28-15-18/h1-10,15H,11-14H2,(H2,27,28). The van der Waals surface area contributed by atoms with Crippen LogP contribution in [-0.2, 0) is 6.18 Å². The Morgan fingerprint density at radius 1 is 0.875 bits per heavy atom. The van der Waals surface area contributed by atoms with Gasteiger partial charge in [-0.15, -0.1) is 0 Å². The number of piperazine rings is 1. The van der Waals surface area contributed by atoms with Crippen molar-refractivity contribution >= 4 is 17.4 Å². The third-order valence-corrected chi connectivity index (χ3v) is 5.22. The van der Waals surface area contributed by atoms with Crippen molar-refractivity contribution in [3.63, 3.8) is 0 Å². The van der Waals surface area contributed by atoms with Crippen LogP contribution in [0.15, 0.2) is 66.9 Å². The summed E-state index contributed by atoms with van der Waals surface area (Å²) >= 11 is 0. The number of alkyl halides is 3. The number of benzene rings is 2. The molecule has 1 aliphatic rings. The highest BCUT2D eigenvalue weighted by molar-refractivity contribution is 5.94. The Labute approximate surface area is 183 Å². The van der Waals surface area contributed by atoms with E-state index in [0.717, 1.165) is 17.8 Å². The third-order valence-electron chi connectivity index (χ3n) is 5.22. The number of nitrogens with two attached hydrogens (primary N) is 1. The first kappa shape index (κ1) is 21.5. The van der Waals surface area contributed by atoms with Gasteiger partial charge in [-0.3, -0.25) is 4.79 Å². The highest BCUT2D eigenvalue weighted by Crippen LogP contribution is 2.31. The normalized spacial score (nSPS) is 14.3. The van der Waals surface area contributed by atoms with E-state index in [2.05, 4.69) is 9.88 Å². The minimum Gasteiger partial charge on any atom is -0.457 e. The number of aromatic nitrogens is 1. The molecule has 166 valence electrons. The predicted octanol–water partition coefficient (Wildman–Crippen LogP) is 4.44. The van der Waals surface area contributed by atoms with E-state index in [1.807, 2.05) is 6.07 Å². The molecule has 0 saturated carbocycles. The van der Waals surface area contributed by atoms with Crippen molar-refractivity contribution in [3.05, 3.63) is 78.0 Å². The lowest BCUT2D eigenvalue weighted by molar-refractivity contribution is -0.137. The van der Waals surface area contributed by atoms with Crippen LogP contribution < -0.4 is 15.4 Å². The Morgan fingerprint density at radius 2 is 1.47 bits per heavy atom. The second-order valence-electron chi connectivity index (χ2n) is 7.37. The van der Waals surface area contributed by atoms with Gasteiger partial charge >= 0.3 is 6.18 Å². The van der Waals surface area contributed by atoms with Crippen molar-refractivity contribution in [1.82, 2.24) is 9.88 Å². The van der Waals surface area contributed by atoms with Gasteiger partial charge in [0.2, 0.25) is 0 Å². The second-order valence-corrected chi connectivity index (χ2v) is 7.37. The van der Waals surface area contributed by atoms with Gasteiger partial charge in [-0.2, -0.15) is 13.2 Å². The number of amides is 1. The molecular weight excluding hydrogens is 421 g/mol. The molecule has 2 N–H and O–H groups in total. The molecule has 32 heavy (non-hydrogen) atoms. The molecule has 4 rings (SSSR count). The lowest BCUT2D eigenvalue weighted by Gasteiger charge is -2.36. The number of anilines is 2. The summed E-state index contributed by atoms with van der Waals surface area (Å²) in [5, 5.41) is 0. The van der Waals surface area contributed by atoms with Gasteiger partial charge in [-0.1, -0.05) is 0 Å². The summed E-state index contributed by atoms with van der Waals surface area (Å²) in [7, 11) is 0. The van der Waals surface area contributed by atoms with Crippen LogP contribution in [0.4, 0.5) is 24.7 Å². The maximum absolute atomic E-state index is 12.8. The number of carbonyl (C=O) groups excluding carboxylic acids is 1. The molecule has 2 heterocycles. The number of rotatable bonds is 4. The first-order chi connectivity index (χ1) is 15.3. The molecule has 0 aliphatic carbocycles. The quantitative estimate of drug-likeness (QED) is 0.647. The van der Waals surface area contributed by atoms with Gasteiger partial charge in [0.1, 0.15) is 17.3 Å². The first-order valence-corrected chi connectivity index (χ1v) is 10.0. The summed E-state index contributed by atoms with van der Waals surface area (Å²) < 4.78 is 43.6. The predicted molar refractivity (Wildman–Crippen MR) is 115 cm³/mol. The number of pyridine rings is 1. The lowest BCUT2D eigenvalue weighted by atomic mass is 10.1. The maximum atomic E-state index is 12.8. The summed E-state index contributed by atoms with van der Waals surface area (Å²) in [6.07, 6.45) is -2.67. The summed E-state index contributed by atoms with van der Waals surface area (Å²) in [6, 6.07) is 14.7. The van der Waals surface area contributed by atoms with Crippen LogP contribution in [-0.4, -0.2) is 42.0 Å². The van der Waals surface area contributed by atoms with E-state index in [0.29, 0.717) is 43.3 Å². The highest BCUT2D eigenvalue weighted by Gasteiger charge is 2.30. The molecule has 0 atom stereocenters. The number of hydrogen-bond donors (Lipinski definition) is 1. The largest absolute Gasteiger partial charge is 0.457 e. The van der Waals surface area contributed by atoms with Gasteiger partial charge in [-0.25, -0.2) is 4.98 Å². The van der Waals surface area contributed by atoms with Gasteiger partial charge < -0.3 is 20.3 Å². The molecule has 0 radical (unpaired) electrons. The van der Waals surface area contributed by atoms with Crippen molar-refractivity contribution in [2.24, 2.45) is 0 Å². The van der Waals surface area contributed by atoms with Gasteiger partial charge in [0.15, 0.2) is 0 Å². The third kappa shape index (κ3) is 4.93. The molecule has 0 unspecified atom stereocenters. The number of ether oxygens (including phenoxy) is 1. The Balaban J connectivity index is 1.34. The second kappa shape index (κ2) is 8.78. The fourth-order valence-electron chi connectivity index (χ4n) is 3.45. The average molecular weight is 442 g/mol. The molecule has 2 aromatic carbocycles. The van der Waals surface area contributed by atoms with Crippen LogP contribution in [0, 0.1) is 0 Å². The fourth-order valence-corrected chi connectivity index (χ4v) is 3.45. The zero-order chi connectivity index (χ0) is 22.7. The van der Waals surface area contributed by atoms with Gasteiger partial charge in [0, 0.05) is 31.7 Å². The zero-order valence-electron chi connectivity index (χ0n) is 17.0. The van der Waals surface area contributed by atoms with E-state index in [9.17, 15) is 18.0 Å². The van der Waals surface area contributed by atoms with Gasteiger partial charge in [-0.05, 0) is 60.7 Å². The number of nitrogen functional groups attached to an aromatic ring is 1. The Hall–Kier alpha value is -3.75. The maximum Gasteiger partial charge on any atom is 0.416 e. The van der Waals surface area contributed by atoms with E-state index in [-0.39, 0.29) is 11.7 Å². The number of nitrogens with zero attached hydrogens (tertiary/aromatic N) is 3. The summed E-state index contributed by atoms with van der Waals surface area (Å²) in [5.41, 5.74) is 6.38. The number of hydrogen-bond acceptors (Lipinski definition) is 5. The van der Waals surface area contributed by atoms with E-state index in [4.69, 9.17) is 10.5 Å². The lowest BCUT2D eigenvalue weighted by Crippen LogP contribution is -2.48. The smallest absolute Gasteiger partial charge is 0.416 e. The monoisotopic (exact) mass is 442 g/mol. The average Bonchev–Trinajstić information content (AvgIpc) is 2.80. The Bertz CT molecular complexity index is 1060. The van der Waals surface area contributed by atoms with Crippen LogP contribution in [0.5, 0.6) is 11.5 Å². The van der Waals surface area contributed by atoms with Crippen molar-refractivity contribution in [1.29, 1.82) is 0 Å². The molecular formula is C23H21F3N4O2. The Kier molecular flexibility index (Phi) is 5.89. The fraction of sp³-hybridized carbons (Fsp3) is 0.217. The molecule has 0 bridgehead atoms. The van der Waals surface area contributed by atoms with E-state index < -0.39 is 11.7 Å². The van der Waals surface area contributed by atoms with E-state index in [1.54, 1.807) is 41.4 Å². The van der Waals surface area contributed by atoms with E-state index in [1.165, 1.54) is 12.1 Å². The molecule has 6 nitrogen and oxygen atoms in total. The van der Waals surface area contributed by atoms with Crippen LogP contribution in [0.1, 0.15) is 15.9 Å². The van der Waals surface area contributed by atoms with Crippen molar-refractivity contribution in [2.45, 2.75) is 6.18 Å². The van der Waals surface area contributed by atoms with E-state index >= 15 is 0 Å². The number of halogens is 3. The minimum absolute atomic E-state index is 0.0823. The highest BCUT2D eigenvalue weighted by atomic mass is 19.4. The van der Waals surface area contributed by atoms with Gasteiger partial charge in [0.05, 0.1) is 17.4 Å². The molecule has 0 spiro atoms. The topological polar surface area (TPSA) is 71.7 Å². The SMILES string of the molecule is Nc1ccc(N2CCN(C(=O)c3ccc(Oc4ccc(C(F)(F)F)cc4)cc3)CC2)cn1. The summed E-state index contributed by atoms with van der Waals surface area (Å²) in [5.74, 6) is 1.10. The molecule has 9 heteroatoms. The van der Waals surface area contributed by atoms with Crippen molar-refractivity contribution in [3.8, 4) is 11.5 Å². The van der Waals surface area contributed by atoms with Crippen LogP contribution in [0.3, 0.4) is 0 Å². The van der Waals surface area contributed by atoms with Crippen LogP contribution in [0.25, 0.3) is 0 Å². The summed E-state index contributed by atoms with van der Waals surface area (Å²) in [4.78, 5) is 20.9. The zero-order valence-corrected chi connectivity index (χ0v) is 17.0. The van der Waals surface area contributed by atoms with Crippen molar-refractivity contribution in [2.75, 3.05) is 36.8 Å². The molecule has 1 fully saturated rings. The van der Waals surface area contributed by atoms with Crippen molar-refractivity contribution < 1.29 is 22.7 Å². The number of carbonyl (C=O) groups is 1. The van der Waals surface area contributed by atoms with Crippen LogP contribution in [0.2, 0.25) is 0 Å².